The third-order valence-electron chi connectivity index (χ3n) is 4.38. The number of hydrogen-bond acceptors (Lipinski definition) is 6. The van der Waals surface area contributed by atoms with Gasteiger partial charge in [0.2, 0.25) is 0 Å². The molecule has 1 atom stereocenters. The van der Waals surface area contributed by atoms with Crippen molar-refractivity contribution < 1.29 is 54.8 Å². The number of unbranched alkanes of at least 4 members (excludes halogenated alkanes) is 10. The van der Waals surface area contributed by atoms with E-state index in [1.54, 1.807) is 0 Å². The Balaban J connectivity index is -0.00000312. The van der Waals surface area contributed by atoms with Gasteiger partial charge in [0.25, 0.3) is 0 Å². The molecule has 7 heteroatoms. The van der Waals surface area contributed by atoms with Gasteiger partial charge in [-0.05, 0) is 12.8 Å². The summed E-state index contributed by atoms with van der Waals surface area (Å²) < 4.78 is 9.19. The zero-order valence-corrected chi connectivity index (χ0v) is 19.6. The van der Waals surface area contributed by atoms with Gasteiger partial charge in [0, 0.05) is 12.8 Å². The maximum atomic E-state index is 11.6. The molecule has 0 amide bonds. The van der Waals surface area contributed by atoms with Crippen molar-refractivity contribution in [2.24, 2.45) is 5.73 Å². The Bertz CT molecular complexity index is 410. The average molecular weight is 396 g/mol. The van der Waals surface area contributed by atoms with Crippen LogP contribution in [0.15, 0.2) is 0 Å². The zero-order chi connectivity index (χ0) is 19.6. The van der Waals surface area contributed by atoms with Crippen molar-refractivity contribution in [3.63, 3.8) is 0 Å². The van der Waals surface area contributed by atoms with E-state index in [1.165, 1.54) is 58.5 Å². The molecule has 0 aliphatic carbocycles. The number of rotatable bonds is 16. The van der Waals surface area contributed by atoms with Gasteiger partial charge in [-0.15, -0.1) is 0 Å². The van der Waals surface area contributed by atoms with Gasteiger partial charge in [-0.2, -0.15) is 0 Å². The van der Waals surface area contributed by atoms with Crippen LogP contribution in [0, 0.1) is 0 Å². The Labute approximate surface area is 188 Å². The second kappa shape index (κ2) is 20.3. The van der Waals surface area contributed by atoms with Gasteiger partial charge in [-0.3, -0.25) is 14.4 Å². The van der Waals surface area contributed by atoms with Crippen LogP contribution in [0.3, 0.4) is 0 Å². The van der Waals surface area contributed by atoms with Crippen molar-refractivity contribution in [2.75, 3.05) is 7.11 Å². The van der Waals surface area contributed by atoms with E-state index in [1.807, 2.05) is 0 Å². The topological polar surface area (TPSA) is 95.7 Å². The first-order valence-electron chi connectivity index (χ1n) is 10.1. The summed E-state index contributed by atoms with van der Waals surface area (Å²) in [7, 11) is 1.23. The van der Waals surface area contributed by atoms with Gasteiger partial charge < -0.3 is 16.6 Å². The van der Waals surface area contributed by atoms with Crippen LogP contribution in [-0.4, -0.2) is 31.1 Å². The predicted molar refractivity (Wildman–Crippen MR) is 103 cm³/mol. The van der Waals surface area contributed by atoms with E-state index in [0.717, 1.165) is 19.3 Å². The van der Waals surface area contributed by atoms with Gasteiger partial charge >= 0.3 is 47.5 Å². The SMILES string of the molecule is CCCCCCCCCCCCCC(=O)OC(=O)CC[C@H](N)C(=O)OC.[H-].[Na+]. The Morgan fingerprint density at radius 3 is 1.74 bits per heavy atom. The summed E-state index contributed by atoms with van der Waals surface area (Å²) in [6, 6.07) is -0.866. The van der Waals surface area contributed by atoms with Crippen LogP contribution in [0.5, 0.6) is 0 Å². The third kappa shape index (κ3) is 18.7. The molecule has 0 fully saturated rings. The molecule has 0 radical (unpaired) electrons. The number of ether oxygens (including phenoxy) is 2. The number of hydrogen-bond donors (Lipinski definition) is 1. The summed E-state index contributed by atoms with van der Waals surface area (Å²) in [6.07, 6.45) is 13.5. The maximum absolute atomic E-state index is 11.6. The fraction of sp³-hybridized carbons (Fsp3) is 0.850. The van der Waals surface area contributed by atoms with Crippen LogP contribution < -0.4 is 35.3 Å². The molecule has 154 valence electrons. The molecule has 0 rings (SSSR count). The van der Waals surface area contributed by atoms with Gasteiger partial charge in [0.05, 0.1) is 7.11 Å². The summed E-state index contributed by atoms with van der Waals surface area (Å²) in [5.41, 5.74) is 5.52. The summed E-state index contributed by atoms with van der Waals surface area (Å²) in [5, 5.41) is 0. The van der Waals surface area contributed by atoms with Crippen molar-refractivity contribution in [2.45, 2.75) is 103 Å². The van der Waals surface area contributed by atoms with E-state index in [-0.39, 0.29) is 50.2 Å². The molecule has 0 heterocycles. The summed E-state index contributed by atoms with van der Waals surface area (Å²) in [5.74, 6) is -1.72. The number of nitrogens with two attached hydrogens (primary N) is 1. The first-order valence-corrected chi connectivity index (χ1v) is 10.1. The van der Waals surface area contributed by atoms with E-state index in [2.05, 4.69) is 11.7 Å². The normalized spacial score (nSPS) is 11.4. The minimum atomic E-state index is -0.866. The maximum Gasteiger partial charge on any atom is 1.00 e. The first kappa shape index (κ1) is 28.8. The standard InChI is InChI=1S/C20H37NO5.Na.H/c1-3-4-5-6-7-8-9-10-11-12-13-14-18(22)26-19(23)16-15-17(21)20(24)25-2;;/h17H,3-16,21H2,1-2H3;;/q;+1;-1/t17-;;/m0../s1. The van der Waals surface area contributed by atoms with E-state index in [0.29, 0.717) is 0 Å². The molecule has 0 aromatic carbocycles. The quantitative estimate of drug-likeness (QED) is 0.182. The van der Waals surface area contributed by atoms with Gasteiger partial charge in [0.15, 0.2) is 0 Å². The van der Waals surface area contributed by atoms with Gasteiger partial charge in [-0.25, -0.2) is 0 Å². The van der Waals surface area contributed by atoms with Crippen LogP contribution >= 0.6 is 0 Å². The summed E-state index contributed by atoms with van der Waals surface area (Å²) >= 11 is 0. The second-order valence-corrected chi connectivity index (χ2v) is 6.80. The van der Waals surface area contributed by atoms with Gasteiger partial charge in [0.1, 0.15) is 6.04 Å². The van der Waals surface area contributed by atoms with Crippen LogP contribution in [0.2, 0.25) is 0 Å². The molecule has 0 bridgehead atoms. The van der Waals surface area contributed by atoms with Crippen molar-refractivity contribution in [3.05, 3.63) is 0 Å². The Kier molecular flexibility index (Phi) is 21.6. The fourth-order valence-electron chi connectivity index (χ4n) is 2.71. The molecule has 27 heavy (non-hydrogen) atoms. The third-order valence-corrected chi connectivity index (χ3v) is 4.38. The summed E-state index contributed by atoms with van der Waals surface area (Å²) in [4.78, 5) is 34.2. The number of esters is 3. The molecule has 0 aliphatic heterocycles. The van der Waals surface area contributed by atoms with E-state index in [9.17, 15) is 14.4 Å². The molecule has 0 unspecified atom stereocenters. The molecule has 6 nitrogen and oxygen atoms in total. The molecular weight excluding hydrogens is 357 g/mol. The number of carbonyl (C=O) groups excluding carboxylic acids is 3. The smallest absolute Gasteiger partial charge is 1.00 e. The molecule has 2 N–H and O–H groups in total. The van der Waals surface area contributed by atoms with Crippen LogP contribution in [0.4, 0.5) is 0 Å². The molecule has 0 spiro atoms. The molecule has 0 aromatic heterocycles. The van der Waals surface area contributed by atoms with E-state index < -0.39 is 23.9 Å². The van der Waals surface area contributed by atoms with Crippen LogP contribution in [0.1, 0.15) is 98.2 Å². The molecule has 0 saturated carbocycles. The predicted octanol–water partition coefficient (Wildman–Crippen LogP) is 1.15. The van der Waals surface area contributed by atoms with Crippen LogP contribution in [0.25, 0.3) is 0 Å². The van der Waals surface area contributed by atoms with Gasteiger partial charge in [-0.1, -0.05) is 71.1 Å². The Hall–Kier alpha value is -0.430. The van der Waals surface area contributed by atoms with Crippen molar-refractivity contribution >= 4 is 17.9 Å². The Morgan fingerprint density at radius 1 is 0.815 bits per heavy atom. The van der Waals surface area contributed by atoms with Crippen molar-refractivity contribution in [3.8, 4) is 0 Å². The molecule has 0 saturated heterocycles. The first-order chi connectivity index (χ1) is 12.5. The monoisotopic (exact) mass is 395 g/mol. The summed E-state index contributed by atoms with van der Waals surface area (Å²) in [6.45, 7) is 2.23. The minimum absolute atomic E-state index is 0. The van der Waals surface area contributed by atoms with E-state index in [4.69, 9.17) is 10.5 Å². The molecular formula is C20H38NNaO5. The van der Waals surface area contributed by atoms with Crippen molar-refractivity contribution in [1.29, 1.82) is 0 Å². The minimum Gasteiger partial charge on any atom is -1.00 e. The average Bonchev–Trinajstić information content (AvgIpc) is 2.63. The molecule has 0 aliphatic rings. The fourth-order valence-corrected chi connectivity index (χ4v) is 2.71. The largest absolute Gasteiger partial charge is 1.00 e. The second-order valence-electron chi connectivity index (χ2n) is 6.80. The molecule has 0 aromatic rings. The van der Waals surface area contributed by atoms with Crippen LogP contribution in [-0.2, 0) is 23.9 Å². The van der Waals surface area contributed by atoms with E-state index >= 15 is 0 Å². The Morgan fingerprint density at radius 2 is 1.26 bits per heavy atom. The zero-order valence-electron chi connectivity index (χ0n) is 18.6. The van der Waals surface area contributed by atoms with Crippen molar-refractivity contribution in [1.82, 2.24) is 0 Å². The number of carbonyl (C=O) groups is 3. The number of methoxy groups -OCH3 is 1.